The van der Waals surface area contributed by atoms with Gasteiger partial charge in [0.05, 0.1) is 12.8 Å². The van der Waals surface area contributed by atoms with Gasteiger partial charge >= 0.3 is 5.69 Å². The number of H-pyrrole nitrogens is 2. The standard InChI is InChI=1S/C23H25N3O3.ClH/c1-29-19-9-7-18(8-10-19)22(27)21-20(24-23(28)25-21)15-26-13-11-17(12-14-26)16-5-3-2-4-6-16;/h2-10,17H,11-15H2,1H3,(H2,24,25,28);1H. The molecule has 7 heteroatoms. The number of hydrogen-bond acceptors (Lipinski definition) is 4. The molecule has 158 valence electrons. The number of rotatable bonds is 6. The van der Waals surface area contributed by atoms with Gasteiger partial charge in [0, 0.05) is 12.1 Å². The summed E-state index contributed by atoms with van der Waals surface area (Å²) in [4.78, 5) is 32.6. The number of aromatic amines is 2. The summed E-state index contributed by atoms with van der Waals surface area (Å²) in [6.45, 7) is 2.42. The first kappa shape index (κ1) is 21.9. The quantitative estimate of drug-likeness (QED) is 0.587. The summed E-state index contributed by atoms with van der Waals surface area (Å²) >= 11 is 0. The van der Waals surface area contributed by atoms with Gasteiger partial charge in [0.1, 0.15) is 11.4 Å². The van der Waals surface area contributed by atoms with Crippen LogP contribution in [0, 0.1) is 0 Å². The lowest BCUT2D eigenvalue weighted by Crippen LogP contribution is -2.33. The van der Waals surface area contributed by atoms with Gasteiger partial charge in [0.2, 0.25) is 5.78 Å². The molecule has 0 radical (unpaired) electrons. The van der Waals surface area contributed by atoms with Crippen molar-refractivity contribution < 1.29 is 9.53 Å². The molecule has 2 N–H and O–H groups in total. The topological polar surface area (TPSA) is 78.2 Å². The summed E-state index contributed by atoms with van der Waals surface area (Å²) in [6.07, 6.45) is 2.14. The van der Waals surface area contributed by atoms with Crippen molar-refractivity contribution in [2.24, 2.45) is 0 Å². The molecule has 1 fully saturated rings. The Bertz CT molecular complexity index is 1020. The van der Waals surface area contributed by atoms with Gasteiger partial charge in [0.25, 0.3) is 0 Å². The van der Waals surface area contributed by atoms with Gasteiger partial charge in [-0.05, 0) is 61.7 Å². The Balaban J connectivity index is 0.00000256. The highest BCUT2D eigenvalue weighted by molar-refractivity contribution is 6.08. The van der Waals surface area contributed by atoms with Gasteiger partial charge in [0.15, 0.2) is 0 Å². The van der Waals surface area contributed by atoms with Crippen molar-refractivity contribution in [3.63, 3.8) is 0 Å². The molecule has 6 nitrogen and oxygen atoms in total. The third kappa shape index (κ3) is 4.83. The lowest BCUT2D eigenvalue weighted by molar-refractivity contribution is 0.103. The van der Waals surface area contributed by atoms with Gasteiger partial charge < -0.3 is 14.7 Å². The van der Waals surface area contributed by atoms with E-state index < -0.39 is 0 Å². The molecular formula is C23H26ClN3O3. The highest BCUT2D eigenvalue weighted by Crippen LogP contribution is 2.28. The molecule has 0 aliphatic carbocycles. The minimum Gasteiger partial charge on any atom is -0.497 e. The molecule has 0 spiro atoms. The van der Waals surface area contributed by atoms with E-state index in [9.17, 15) is 9.59 Å². The predicted octanol–water partition coefficient (Wildman–Crippen LogP) is 3.74. The summed E-state index contributed by atoms with van der Waals surface area (Å²) in [5, 5.41) is 0. The molecule has 3 aromatic rings. The third-order valence-electron chi connectivity index (χ3n) is 5.62. The van der Waals surface area contributed by atoms with E-state index in [-0.39, 0.29) is 23.9 Å². The van der Waals surface area contributed by atoms with Crippen LogP contribution < -0.4 is 10.4 Å². The molecule has 4 rings (SSSR count). The molecule has 1 aliphatic rings. The second kappa shape index (κ2) is 9.78. The smallest absolute Gasteiger partial charge is 0.323 e. The second-order valence-corrected chi connectivity index (χ2v) is 7.45. The van der Waals surface area contributed by atoms with Crippen LogP contribution in [0.25, 0.3) is 0 Å². The van der Waals surface area contributed by atoms with Crippen molar-refractivity contribution in [2.45, 2.75) is 25.3 Å². The molecule has 0 amide bonds. The Morgan fingerprint density at radius 3 is 2.33 bits per heavy atom. The van der Waals surface area contributed by atoms with Crippen LogP contribution in [-0.2, 0) is 6.54 Å². The highest BCUT2D eigenvalue weighted by atomic mass is 35.5. The van der Waals surface area contributed by atoms with E-state index in [4.69, 9.17) is 4.74 Å². The largest absolute Gasteiger partial charge is 0.497 e. The van der Waals surface area contributed by atoms with Gasteiger partial charge in [-0.25, -0.2) is 4.79 Å². The summed E-state index contributed by atoms with van der Waals surface area (Å²) in [7, 11) is 1.58. The Kier molecular flexibility index (Phi) is 7.13. The fourth-order valence-electron chi connectivity index (χ4n) is 3.99. The maximum Gasteiger partial charge on any atom is 0.323 e. The molecule has 0 bridgehead atoms. The zero-order chi connectivity index (χ0) is 20.2. The Morgan fingerprint density at radius 1 is 1.03 bits per heavy atom. The normalized spacial score (nSPS) is 14.8. The van der Waals surface area contributed by atoms with Gasteiger partial charge in [-0.2, -0.15) is 0 Å². The van der Waals surface area contributed by atoms with Crippen LogP contribution in [0.4, 0.5) is 0 Å². The Labute approximate surface area is 181 Å². The molecule has 0 unspecified atom stereocenters. The van der Waals surface area contributed by atoms with Crippen LogP contribution in [0.5, 0.6) is 5.75 Å². The molecule has 0 atom stereocenters. The predicted molar refractivity (Wildman–Crippen MR) is 119 cm³/mol. The number of ketones is 1. The first-order valence-corrected chi connectivity index (χ1v) is 9.91. The molecule has 1 saturated heterocycles. The summed E-state index contributed by atoms with van der Waals surface area (Å²) < 4.78 is 5.14. The third-order valence-corrected chi connectivity index (χ3v) is 5.62. The number of piperidine rings is 1. The number of hydrogen-bond donors (Lipinski definition) is 2. The zero-order valence-electron chi connectivity index (χ0n) is 16.9. The van der Waals surface area contributed by atoms with Crippen molar-refractivity contribution in [3.8, 4) is 5.75 Å². The monoisotopic (exact) mass is 427 g/mol. The first-order chi connectivity index (χ1) is 14.1. The maximum absolute atomic E-state index is 12.9. The number of aromatic nitrogens is 2. The number of ether oxygens (including phenoxy) is 1. The summed E-state index contributed by atoms with van der Waals surface area (Å²) in [5.74, 6) is 1.06. The van der Waals surface area contributed by atoms with Crippen LogP contribution in [0.3, 0.4) is 0 Å². The van der Waals surface area contributed by atoms with Crippen molar-refractivity contribution in [1.82, 2.24) is 14.9 Å². The lowest BCUT2D eigenvalue weighted by atomic mass is 9.89. The van der Waals surface area contributed by atoms with Gasteiger partial charge in [-0.15, -0.1) is 12.4 Å². The number of halogens is 1. The maximum atomic E-state index is 12.9. The van der Waals surface area contributed by atoms with Crippen molar-refractivity contribution in [1.29, 1.82) is 0 Å². The molecule has 2 heterocycles. The Hall–Kier alpha value is -2.83. The minimum absolute atomic E-state index is 0. The number of carbonyl (C=O) groups excluding carboxylic acids is 1. The molecule has 30 heavy (non-hydrogen) atoms. The summed E-state index contributed by atoms with van der Waals surface area (Å²) in [5.41, 5.74) is 2.54. The van der Waals surface area contributed by atoms with E-state index in [0.717, 1.165) is 25.9 Å². The first-order valence-electron chi connectivity index (χ1n) is 9.91. The van der Waals surface area contributed by atoms with Crippen molar-refractivity contribution in [2.75, 3.05) is 20.2 Å². The van der Waals surface area contributed by atoms with Crippen LogP contribution in [-0.4, -0.2) is 40.9 Å². The highest BCUT2D eigenvalue weighted by Gasteiger charge is 2.24. The fraction of sp³-hybridized carbons (Fsp3) is 0.304. The number of imidazole rings is 1. The number of carbonyl (C=O) groups is 1. The number of benzene rings is 2. The minimum atomic E-state index is -0.351. The summed E-state index contributed by atoms with van der Waals surface area (Å²) in [6, 6.07) is 17.5. The number of likely N-dealkylation sites (tertiary alicyclic amines) is 1. The van der Waals surface area contributed by atoms with Crippen molar-refractivity contribution >= 4 is 18.2 Å². The number of nitrogens with one attached hydrogen (secondary N) is 2. The van der Waals surface area contributed by atoms with E-state index in [0.29, 0.717) is 35.2 Å². The molecule has 1 aromatic heterocycles. The zero-order valence-corrected chi connectivity index (χ0v) is 17.7. The fourth-order valence-corrected chi connectivity index (χ4v) is 3.99. The average molecular weight is 428 g/mol. The molecular weight excluding hydrogens is 402 g/mol. The van der Waals surface area contributed by atoms with E-state index in [2.05, 4.69) is 39.1 Å². The Morgan fingerprint density at radius 2 is 1.70 bits per heavy atom. The SMILES string of the molecule is COc1ccc(C(=O)c2[nH]c(=O)[nH]c2CN2CCC(c3ccccc3)CC2)cc1.Cl. The lowest BCUT2D eigenvalue weighted by Gasteiger charge is -2.32. The van der Waals surface area contributed by atoms with Gasteiger partial charge in [-0.1, -0.05) is 30.3 Å². The van der Waals surface area contributed by atoms with Crippen molar-refractivity contribution in [3.05, 3.63) is 87.6 Å². The number of methoxy groups -OCH3 is 1. The van der Waals surface area contributed by atoms with Crippen LogP contribution >= 0.6 is 12.4 Å². The van der Waals surface area contributed by atoms with E-state index >= 15 is 0 Å². The van der Waals surface area contributed by atoms with E-state index in [1.54, 1.807) is 31.4 Å². The van der Waals surface area contributed by atoms with Crippen LogP contribution in [0.1, 0.15) is 46.1 Å². The number of nitrogens with zero attached hydrogens (tertiary/aromatic N) is 1. The van der Waals surface area contributed by atoms with Gasteiger partial charge in [-0.3, -0.25) is 9.69 Å². The second-order valence-electron chi connectivity index (χ2n) is 7.45. The van der Waals surface area contributed by atoms with Crippen LogP contribution in [0.15, 0.2) is 59.4 Å². The van der Waals surface area contributed by atoms with E-state index in [1.165, 1.54) is 5.56 Å². The average Bonchev–Trinajstić information content (AvgIpc) is 3.14. The molecule has 0 saturated carbocycles. The molecule has 2 aromatic carbocycles. The van der Waals surface area contributed by atoms with Crippen LogP contribution in [0.2, 0.25) is 0 Å². The van der Waals surface area contributed by atoms with E-state index in [1.807, 2.05) is 6.07 Å². The molecule has 1 aliphatic heterocycles.